The molecule has 0 saturated carbocycles. The van der Waals surface area contributed by atoms with Crippen molar-refractivity contribution < 1.29 is 27.8 Å². The van der Waals surface area contributed by atoms with Crippen LogP contribution in [0.15, 0.2) is 0 Å². The molecule has 0 amide bonds. The molecule has 234 valence electrons. The SMILES string of the molecule is CCCCCCCCCCCCCCN(C)CCCN(C)CCCC(O)([P+](=O)OCC)P(=O)(OCC)OCC. The summed E-state index contributed by atoms with van der Waals surface area (Å²) < 4.78 is 41.9. The summed E-state index contributed by atoms with van der Waals surface area (Å²) in [6, 6.07) is 0. The first-order valence-corrected chi connectivity index (χ1v) is 18.5. The van der Waals surface area contributed by atoms with E-state index < -0.39 is 20.7 Å². The van der Waals surface area contributed by atoms with Crippen molar-refractivity contribution in [1.82, 2.24) is 9.80 Å². The van der Waals surface area contributed by atoms with Crippen LogP contribution in [0.1, 0.15) is 124 Å². The quantitative estimate of drug-likeness (QED) is 0.0679. The fraction of sp³-hybridized carbons (Fsp3) is 1.00. The van der Waals surface area contributed by atoms with Gasteiger partial charge in [0.2, 0.25) is 0 Å². The van der Waals surface area contributed by atoms with Gasteiger partial charge in [-0.3, -0.25) is 4.57 Å². The van der Waals surface area contributed by atoms with Gasteiger partial charge >= 0.3 is 20.7 Å². The highest BCUT2D eigenvalue weighted by Crippen LogP contribution is 2.69. The maximum atomic E-state index is 13.3. The minimum atomic E-state index is -4.03. The molecular weight excluding hydrogens is 534 g/mol. The molecule has 0 radical (unpaired) electrons. The molecule has 39 heavy (non-hydrogen) atoms. The van der Waals surface area contributed by atoms with E-state index in [1.807, 2.05) is 7.05 Å². The van der Waals surface area contributed by atoms with E-state index in [2.05, 4.69) is 23.8 Å². The molecule has 0 saturated heterocycles. The number of aliphatic hydroxyl groups is 1. The zero-order valence-electron chi connectivity index (χ0n) is 26.3. The van der Waals surface area contributed by atoms with Crippen LogP contribution in [-0.2, 0) is 22.7 Å². The molecule has 0 aromatic carbocycles. The van der Waals surface area contributed by atoms with Gasteiger partial charge < -0.3 is 24.0 Å². The molecule has 0 aliphatic heterocycles. The van der Waals surface area contributed by atoms with E-state index in [1.54, 1.807) is 20.8 Å². The molecule has 0 aromatic rings. The highest BCUT2D eigenvalue weighted by atomic mass is 31.2. The smallest absolute Gasteiger partial charge is 0.337 e. The summed E-state index contributed by atoms with van der Waals surface area (Å²) in [7, 11) is -2.43. The summed E-state index contributed by atoms with van der Waals surface area (Å²) in [6.07, 6.45) is 18.1. The predicted molar refractivity (Wildman–Crippen MR) is 165 cm³/mol. The molecule has 2 atom stereocenters. The highest BCUT2D eigenvalue weighted by Gasteiger charge is 2.66. The molecular formula is C29H63N2O6P2+. The van der Waals surface area contributed by atoms with Crippen molar-refractivity contribution in [2.24, 2.45) is 0 Å². The number of unbranched alkanes of at least 4 members (excludes halogenated alkanes) is 11. The molecule has 8 nitrogen and oxygen atoms in total. The molecule has 1 N–H and O–H groups in total. The van der Waals surface area contributed by atoms with Crippen LogP contribution >= 0.6 is 15.6 Å². The minimum absolute atomic E-state index is 0.0166. The molecule has 10 heteroatoms. The van der Waals surface area contributed by atoms with Gasteiger partial charge in [-0.05, 0) is 84.9 Å². The average molecular weight is 598 g/mol. The second-order valence-corrected chi connectivity index (χ2v) is 14.9. The first-order valence-electron chi connectivity index (χ1n) is 15.8. The second-order valence-electron chi connectivity index (χ2n) is 10.7. The third-order valence-electron chi connectivity index (χ3n) is 7.10. The van der Waals surface area contributed by atoms with Gasteiger partial charge in [-0.2, -0.15) is 0 Å². The lowest BCUT2D eigenvalue weighted by Gasteiger charge is -2.26. The Balaban J connectivity index is 4.14. The first kappa shape index (κ1) is 39.1. The van der Waals surface area contributed by atoms with E-state index >= 15 is 0 Å². The van der Waals surface area contributed by atoms with Gasteiger partial charge in [-0.1, -0.05) is 77.6 Å². The van der Waals surface area contributed by atoms with Crippen molar-refractivity contribution in [2.45, 2.75) is 129 Å². The average Bonchev–Trinajstić information content (AvgIpc) is 2.89. The molecule has 0 spiro atoms. The van der Waals surface area contributed by atoms with Gasteiger partial charge in [0.15, 0.2) is 0 Å². The first-order chi connectivity index (χ1) is 18.7. The Morgan fingerprint density at radius 2 is 1.05 bits per heavy atom. The van der Waals surface area contributed by atoms with Crippen LogP contribution < -0.4 is 0 Å². The summed E-state index contributed by atoms with van der Waals surface area (Å²) in [4.78, 5) is 4.61. The molecule has 0 bridgehead atoms. The molecule has 0 aliphatic rings. The Hall–Kier alpha value is 0.0900. The molecule has 0 aromatic heterocycles. The number of nitrogens with zero attached hydrogens (tertiary/aromatic N) is 2. The molecule has 0 fully saturated rings. The van der Waals surface area contributed by atoms with Crippen molar-refractivity contribution >= 4 is 15.6 Å². The summed E-state index contributed by atoms with van der Waals surface area (Å²) in [5.41, 5.74) is 0. The predicted octanol–water partition coefficient (Wildman–Crippen LogP) is 8.41. The van der Waals surface area contributed by atoms with Crippen LogP contribution in [-0.4, -0.2) is 80.1 Å². The van der Waals surface area contributed by atoms with Gasteiger partial charge in [0.1, 0.15) is 0 Å². The summed E-state index contributed by atoms with van der Waals surface area (Å²) >= 11 is 0. The lowest BCUT2D eigenvalue weighted by atomic mass is 10.1. The fourth-order valence-corrected chi connectivity index (χ4v) is 8.48. The van der Waals surface area contributed by atoms with E-state index in [1.165, 1.54) is 77.0 Å². The Kier molecular flexibility index (Phi) is 24.7. The largest absolute Gasteiger partial charge is 0.557 e. The van der Waals surface area contributed by atoms with E-state index in [-0.39, 0.29) is 26.2 Å². The minimum Gasteiger partial charge on any atom is -0.337 e. The maximum Gasteiger partial charge on any atom is 0.557 e. The number of hydrogen-bond acceptors (Lipinski definition) is 8. The Morgan fingerprint density at radius 1 is 0.641 bits per heavy atom. The van der Waals surface area contributed by atoms with Crippen molar-refractivity contribution in [3.8, 4) is 0 Å². The van der Waals surface area contributed by atoms with Gasteiger partial charge in [0.05, 0.1) is 19.8 Å². The molecule has 2 unspecified atom stereocenters. The van der Waals surface area contributed by atoms with Crippen LogP contribution in [0.4, 0.5) is 0 Å². The van der Waals surface area contributed by atoms with Crippen LogP contribution in [0.5, 0.6) is 0 Å². The zero-order chi connectivity index (χ0) is 29.4. The maximum absolute atomic E-state index is 13.3. The third-order valence-corrected chi connectivity index (χ3v) is 11.9. The van der Waals surface area contributed by atoms with Gasteiger partial charge in [-0.25, -0.2) is 0 Å². The van der Waals surface area contributed by atoms with E-state index in [4.69, 9.17) is 13.6 Å². The van der Waals surface area contributed by atoms with Crippen LogP contribution in [0.2, 0.25) is 0 Å². The lowest BCUT2D eigenvalue weighted by molar-refractivity contribution is 0.103. The fourth-order valence-electron chi connectivity index (χ4n) is 4.78. The molecule has 0 aliphatic carbocycles. The summed E-state index contributed by atoms with van der Waals surface area (Å²) in [6.45, 7) is 11.4. The summed E-state index contributed by atoms with van der Waals surface area (Å²) in [5, 5.41) is 9.06. The Labute approximate surface area is 242 Å². The molecule has 0 heterocycles. The lowest BCUT2D eigenvalue weighted by Crippen LogP contribution is -2.31. The topological polar surface area (TPSA) is 88.5 Å². The van der Waals surface area contributed by atoms with Crippen LogP contribution in [0.25, 0.3) is 0 Å². The standard InChI is InChI=1S/C29H63N2O6P2/c1-7-11-12-13-14-15-16-17-18-19-20-21-25-30(5)27-23-28-31(6)26-22-24-29(32,38(33)35-8-2)39(34,36-9-3)37-10-4/h32H,7-28H2,1-6H3/q+1. The van der Waals surface area contributed by atoms with Crippen molar-refractivity contribution in [3.05, 3.63) is 0 Å². The number of rotatable bonds is 29. The molecule has 0 rings (SSSR count). The summed E-state index contributed by atoms with van der Waals surface area (Å²) in [5.74, 6) is 0. The Bertz CT molecular complexity index is 633. The van der Waals surface area contributed by atoms with Gasteiger partial charge in [-0.15, -0.1) is 4.52 Å². The number of hydrogen-bond donors (Lipinski definition) is 1. The van der Waals surface area contributed by atoms with E-state index in [0.29, 0.717) is 13.0 Å². The van der Waals surface area contributed by atoms with Crippen molar-refractivity contribution in [3.63, 3.8) is 0 Å². The highest BCUT2D eigenvalue weighted by molar-refractivity contribution is 7.68. The van der Waals surface area contributed by atoms with E-state index in [9.17, 15) is 14.2 Å². The van der Waals surface area contributed by atoms with Crippen molar-refractivity contribution in [2.75, 3.05) is 60.1 Å². The second kappa shape index (κ2) is 24.7. The van der Waals surface area contributed by atoms with Crippen LogP contribution in [0.3, 0.4) is 0 Å². The van der Waals surface area contributed by atoms with E-state index in [0.717, 1.165) is 26.1 Å². The van der Waals surface area contributed by atoms with Crippen LogP contribution in [0, 0.1) is 0 Å². The normalized spacial score (nSPS) is 14.3. The zero-order valence-corrected chi connectivity index (χ0v) is 28.1. The van der Waals surface area contributed by atoms with Gasteiger partial charge in [0, 0.05) is 6.42 Å². The van der Waals surface area contributed by atoms with Gasteiger partial charge in [0.25, 0.3) is 0 Å². The Morgan fingerprint density at radius 3 is 1.49 bits per heavy atom. The third kappa shape index (κ3) is 17.6. The van der Waals surface area contributed by atoms with Crippen molar-refractivity contribution in [1.29, 1.82) is 0 Å². The monoisotopic (exact) mass is 597 g/mol.